The SMILES string of the molecule is Cc1ccc(Nc2nc(N)nc(CSCC(=O)N[C@H](C)c3ccccc3)n2)cc1. The van der Waals surface area contributed by atoms with Crippen molar-refractivity contribution in [3.8, 4) is 0 Å². The number of rotatable bonds is 8. The van der Waals surface area contributed by atoms with Crippen molar-refractivity contribution in [2.24, 2.45) is 0 Å². The largest absolute Gasteiger partial charge is 0.368 e. The van der Waals surface area contributed by atoms with Gasteiger partial charge in [-0.05, 0) is 31.5 Å². The van der Waals surface area contributed by atoms with Crippen LogP contribution in [0.1, 0.15) is 29.9 Å². The summed E-state index contributed by atoms with van der Waals surface area (Å²) in [6.07, 6.45) is 0. The van der Waals surface area contributed by atoms with Gasteiger partial charge in [-0.15, -0.1) is 11.8 Å². The van der Waals surface area contributed by atoms with E-state index >= 15 is 0 Å². The van der Waals surface area contributed by atoms with Crippen LogP contribution in [-0.2, 0) is 10.5 Å². The van der Waals surface area contributed by atoms with Gasteiger partial charge in [0.2, 0.25) is 17.8 Å². The molecule has 0 aliphatic heterocycles. The molecule has 4 N–H and O–H groups in total. The second-order valence-corrected chi connectivity index (χ2v) is 7.60. The highest BCUT2D eigenvalue weighted by atomic mass is 32.2. The summed E-state index contributed by atoms with van der Waals surface area (Å²) >= 11 is 1.43. The molecule has 0 aliphatic carbocycles. The Morgan fingerprint density at radius 1 is 1.07 bits per heavy atom. The summed E-state index contributed by atoms with van der Waals surface area (Å²) in [4.78, 5) is 24.9. The Morgan fingerprint density at radius 2 is 1.79 bits per heavy atom. The number of hydrogen-bond donors (Lipinski definition) is 3. The first-order valence-electron chi connectivity index (χ1n) is 9.26. The number of aryl methyl sites for hydroxylation is 1. The van der Waals surface area contributed by atoms with E-state index < -0.39 is 0 Å². The first-order chi connectivity index (χ1) is 14.0. The number of nitrogens with two attached hydrogens (primary N) is 1. The van der Waals surface area contributed by atoms with Crippen molar-refractivity contribution in [3.05, 3.63) is 71.5 Å². The maximum atomic E-state index is 12.2. The molecule has 0 bridgehead atoms. The summed E-state index contributed by atoms with van der Waals surface area (Å²) in [6, 6.07) is 17.7. The van der Waals surface area contributed by atoms with Crippen LogP contribution in [0.15, 0.2) is 54.6 Å². The van der Waals surface area contributed by atoms with E-state index in [-0.39, 0.29) is 17.9 Å². The molecule has 0 aliphatic rings. The first kappa shape index (κ1) is 20.6. The van der Waals surface area contributed by atoms with Gasteiger partial charge in [0.05, 0.1) is 17.5 Å². The fourth-order valence-corrected chi connectivity index (χ4v) is 3.35. The molecule has 1 aromatic heterocycles. The number of carbonyl (C=O) groups is 1. The first-order valence-corrected chi connectivity index (χ1v) is 10.4. The average molecular weight is 409 g/mol. The molecule has 0 saturated carbocycles. The van der Waals surface area contributed by atoms with Crippen LogP contribution in [0.3, 0.4) is 0 Å². The van der Waals surface area contributed by atoms with E-state index in [2.05, 4.69) is 25.6 Å². The van der Waals surface area contributed by atoms with Gasteiger partial charge in [0.15, 0.2) is 0 Å². The van der Waals surface area contributed by atoms with E-state index in [9.17, 15) is 4.79 Å². The van der Waals surface area contributed by atoms with Crippen LogP contribution in [0.4, 0.5) is 17.6 Å². The van der Waals surface area contributed by atoms with Gasteiger partial charge in [-0.2, -0.15) is 15.0 Å². The molecule has 3 aromatic rings. The minimum atomic E-state index is -0.0394. The number of nitrogen functional groups attached to an aromatic ring is 1. The number of anilines is 3. The molecule has 3 rings (SSSR count). The minimum Gasteiger partial charge on any atom is -0.368 e. The topological polar surface area (TPSA) is 106 Å². The number of thioether (sulfide) groups is 1. The molecule has 0 unspecified atom stereocenters. The lowest BCUT2D eigenvalue weighted by atomic mass is 10.1. The predicted molar refractivity (Wildman–Crippen MR) is 118 cm³/mol. The molecular formula is C21H24N6OS. The smallest absolute Gasteiger partial charge is 0.232 e. The average Bonchev–Trinajstić information content (AvgIpc) is 2.70. The van der Waals surface area contributed by atoms with E-state index in [4.69, 9.17) is 5.73 Å². The van der Waals surface area contributed by atoms with Crippen LogP contribution in [0.2, 0.25) is 0 Å². The summed E-state index contributed by atoms with van der Waals surface area (Å²) in [5.74, 6) is 1.80. The molecule has 1 amide bonds. The summed E-state index contributed by atoms with van der Waals surface area (Å²) in [6.45, 7) is 3.99. The van der Waals surface area contributed by atoms with E-state index in [0.717, 1.165) is 11.3 Å². The third-order valence-corrected chi connectivity index (χ3v) is 5.08. The van der Waals surface area contributed by atoms with E-state index in [0.29, 0.717) is 23.3 Å². The van der Waals surface area contributed by atoms with Gasteiger partial charge in [0.1, 0.15) is 5.82 Å². The molecule has 0 spiro atoms. The number of carbonyl (C=O) groups excluding carboxylic acids is 1. The van der Waals surface area contributed by atoms with Gasteiger partial charge in [0, 0.05) is 5.69 Å². The van der Waals surface area contributed by atoms with Crippen molar-refractivity contribution in [1.29, 1.82) is 0 Å². The van der Waals surface area contributed by atoms with E-state index in [1.165, 1.54) is 17.3 Å². The molecule has 150 valence electrons. The maximum Gasteiger partial charge on any atom is 0.232 e. The molecule has 2 aromatic carbocycles. The molecule has 0 fully saturated rings. The molecule has 7 nitrogen and oxygen atoms in total. The lowest BCUT2D eigenvalue weighted by molar-refractivity contribution is -0.119. The van der Waals surface area contributed by atoms with Crippen molar-refractivity contribution < 1.29 is 4.79 Å². The Morgan fingerprint density at radius 3 is 2.52 bits per heavy atom. The van der Waals surface area contributed by atoms with Gasteiger partial charge in [0.25, 0.3) is 0 Å². The second kappa shape index (κ2) is 9.88. The van der Waals surface area contributed by atoms with E-state index in [1.54, 1.807) is 0 Å². The Balaban J connectivity index is 1.51. The normalized spacial score (nSPS) is 11.7. The van der Waals surface area contributed by atoms with E-state index in [1.807, 2.05) is 68.4 Å². The summed E-state index contributed by atoms with van der Waals surface area (Å²) in [5, 5.41) is 6.12. The number of nitrogens with one attached hydrogen (secondary N) is 2. The number of amides is 1. The van der Waals surface area contributed by atoms with Crippen LogP contribution in [0.5, 0.6) is 0 Å². The van der Waals surface area contributed by atoms with Crippen molar-refractivity contribution in [2.45, 2.75) is 25.6 Å². The van der Waals surface area contributed by atoms with Gasteiger partial charge in [-0.25, -0.2) is 0 Å². The highest BCUT2D eigenvalue weighted by molar-refractivity contribution is 7.99. The third-order valence-electron chi connectivity index (χ3n) is 4.15. The van der Waals surface area contributed by atoms with Crippen LogP contribution in [-0.4, -0.2) is 26.6 Å². The zero-order valence-corrected chi connectivity index (χ0v) is 17.2. The third kappa shape index (κ3) is 6.46. The van der Waals surface area contributed by atoms with Gasteiger partial charge in [-0.1, -0.05) is 48.0 Å². The monoisotopic (exact) mass is 408 g/mol. The van der Waals surface area contributed by atoms with Gasteiger partial charge >= 0.3 is 0 Å². The van der Waals surface area contributed by atoms with Crippen molar-refractivity contribution in [1.82, 2.24) is 20.3 Å². The maximum absolute atomic E-state index is 12.2. The zero-order chi connectivity index (χ0) is 20.6. The molecular weight excluding hydrogens is 384 g/mol. The zero-order valence-electron chi connectivity index (χ0n) is 16.4. The highest BCUT2D eigenvalue weighted by Crippen LogP contribution is 2.17. The number of benzene rings is 2. The van der Waals surface area contributed by atoms with Crippen molar-refractivity contribution in [2.75, 3.05) is 16.8 Å². The number of aromatic nitrogens is 3. The molecule has 1 heterocycles. The fourth-order valence-electron chi connectivity index (χ4n) is 2.67. The summed E-state index contributed by atoms with van der Waals surface area (Å²) in [7, 11) is 0. The molecule has 0 radical (unpaired) electrons. The molecule has 8 heteroatoms. The van der Waals surface area contributed by atoms with Crippen molar-refractivity contribution in [3.63, 3.8) is 0 Å². The second-order valence-electron chi connectivity index (χ2n) is 6.62. The van der Waals surface area contributed by atoms with Crippen LogP contribution in [0, 0.1) is 6.92 Å². The Hall–Kier alpha value is -3.13. The van der Waals surface area contributed by atoms with Crippen molar-refractivity contribution >= 4 is 35.3 Å². The molecule has 29 heavy (non-hydrogen) atoms. The van der Waals surface area contributed by atoms with Crippen LogP contribution < -0.4 is 16.4 Å². The lowest BCUT2D eigenvalue weighted by Gasteiger charge is -2.14. The summed E-state index contributed by atoms with van der Waals surface area (Å²) in [5.41, 5.74) is 8.92. The molecule has 1 atom stereocenters. The Bertz CT molecular complexity index is 949. The Labute approximate surface area is 174 Å². The number of nitrogens with zero attached hydrogens (tertiary/aromatic N) is 3. The van der Waals surface area contributed by atoms with Crippen LogP contribution >= 0.6 is 11.8 Å². The molecule has 0 saturated heterocycles. The quantitative estimate of drug-likeness (QED) is 0.523. The number of hydrogen-bond acceptors (Lipinski definition) is 7. The minimum absolute atomic E-state index is 0.0358. The predicted octanol–water partition coefficient (Wildman–Crippen LogP) is 3.62. The standard InChI is InChI=1S/C21H24N6OS/c1-14-8-10-17(11-9-14)24-21-26-18(25-20(22)27-21)12-29-13-19(28)23-15(2)16-6-4-3-5-7-16/h3-11,15H,12-13H2,1-2H3,(H,23,28)(H3,22,24,25,26,27)/t15-/m1/s1. The Kier molecular flexibility index (Phi) is 7.02. The van der Waals surface area contributed by atoms with Crippen LogP contribution in [0.25, 0.3) is 0 Å². The fraction of sp³-hybridized carbons (Fsp3) is 0.238. The lowest BCUT2D eigenvalue weighted by Crippen LogP contribution is -2.28. The van der Waals surface area contributed by atoms with Gasteiger partial charge in [-0.3, -0.25) is 4.79 Å². The van der Waals surface area contributed by atoms with Gasteiger partial charge < -0.3 is 16.4 Å². The summed E-state index contributed by atoms with van der Waals surface area (Å²) < 4.78 is 0. The highest BCUT2D eigenvalue weighted by Gasteiger charge is 2.11.